The van der Waals surface area contributed by atoms with Crippen molar-refractivity contribution in [3.05, 3.63) is 78.1 Å². The van der Waals surface area contributed by atoms with Gasteiger partial charge in [0.1, 0.15) is 17.2 Å². The molecule has 8 nitrogen and oxygen atoms in total. The van der Waals surface area contributed by atoms with E-state index < -0.39 is 6.09 Å². The number of carbonyl (C=O) groups is 2. The third-order valence-corrected chi connectivity index (χ3v) is 4.84. The zero-order valence-corrected chi connectivity index (χ0v) is 16.9. The van der Waals surface area contributed by atoms with Gasteiger partial charge in [0.2, 0.25) is 0 Å². The third kappa shape index (κ3) is 4.42. The molecule has 0 spiro atoms. The first kappa shape index (κ1) is 20.2. The van der Waals surface area contributed by atoms with Gasteiger partial charge in [-0.2, -0.15) is 5.06 Å². The lowest BCUT2D eigenvalue weighted by Gasteiger charge is -2.20. The Morgan fingerprint density at radius 1 is 1.06 bits per heavy atom. The molecule has 0 radical (unpaired) electrons. The van der Waals surface area contributed by atoms with Crippen molar-refractivity contribution in [1.29, 1.82) is 0 Å². The van der Waals surface area contributed by atoms with E-state index in [1.165, 1.54) is 16.2 Å². The molecule has 1 aliphatic rings. The number of ether oxygens (including phenoxy) is 1. The van der Waals surface area contributed by atoms with Crippen LogP contribution in [0.5, 0.6) is 17.2 Å². The van der Waals surface area contributed by atoms with Crippen molar-refractivity contribution in [2.45, 2.75) is 13.3 Å². The fourth-order valence-corrected chi connectivity index (χ4v) is 3.35. The number of hydrogen-bond donors (Lipinski definition) is 1. The van der Waals surface area contributed by atoms with Crippen LogP contribution in [0.25, 0.3) is 0 Å². The fraction of sp³-hybridized carbons (Fsp3) is 0.174. The van der Waals surface area contributed by atoms with E-state index in [2.05, 4.69) is 4.98 Å². The summed E-state index contributed by atoms with van der Waals surface area (Å²) in [5, 5.41) is 10.5. The van der Waals surface area contributed by atoms with E-state index in [-0.39, 0.29) is 11.6 Å². The summed E-state index contributed by atoms with van der Waals surface area (Å²) in [5.74, 6) is 1.17. The van der Waals surface area contributed by atoms with Gasteiger partial charge in [0.05, 0.1) is 12.2 Å². The summed E-state index contributed by atoms with van der Waals surface area (Å²) < 4.78 is 5.90. The zero-order chi connectivity index (χ0) is 21.8. The molecule has 0 fully saturated rings. The summed E-state index contributed by atoms with van der Waals surface area (Å²) in [5.41, 5.74) is 1.76. The summed E-state index contributed by atoms with van der Waals surface area (Å²) >= 11 is 0. The normalized spacial score (nSPS) is 12.2. The van der Waals surface area contributed by atoms with E-state index in [4.69, 9.17) is 9.57 Å². The van der Waals surface area contributed by atoms with Crippen LogP contribution in [0, 0.1) is 0 Å². The molecule has 0 bridgehead atoms. The maximum Gasteiger partial charge on any atom is 0.411 e. The Balaban J connectivity index is 1.49. The summed E-state index contributed by atoms with van der Waals surface area (Å²) in [4.78, 5) is 35.3. The van der Waals surface area contributed by atoms with Crippen LogP contribution in [-0.2, 0) is 6.42 Å². The van der Waals surface area contributed by atoms with E-state index >= 15 is 0 Å². The highest BCUT2D eigenvalue weighted by molar-refractivity contribution is 5.92. The Bertz CT molecular complexity index is 1100. The number of nitrogens with zero attached hydrogens (tertiary/aromatic N) is 3. The highest BCUT2D eigenvalue weighted by Gasteiger charge is 2.24. The number of hydrogen-bond acceptors (Lipinski definition) is 5. The molecule has 158 valence electrons. The van der Waals surface area contributed by atoms with Gasteiger partial charge >= 0.3 is 12.0 Å². The molecule has 8 heteroatoms. The van der Waals surface area contributed by atoms with E-state index in [0.29, 0.717) is 42.4 Å². The molecule has 3 aromatic rings. The minimum atomic E-state index is -0.970. The molecule has 0 atom stereocenters. The number of aromatic nitrogens is 1. The van der Waals surface area contributed by atoms with Gasteiger partial charge in [0.15, 0.2) is 5.75 Å². The molecule has 1 aliphatic heterocycles. The van der Waals surface area contributed by atoms with Gasteiger partial charge in [-0.25, -0.2) is 4.79 Å². The summed E-state index contributed by atoms with van der Waals surface area (Å²) in [7, 11) is 0. The number of para-hydroxylation sites is 1. The van der Waals surface area contributed by atoms with E-state index in [1.807, 2.05) is 31.2 Å². The number of rotatable bonds is 6. The number of amides is 2. The Morgan fingerprint density at radius 3 is 2.58 bits per heavy atom. The van der Waals surface area contributed by atoms with Crippen molar-refractivity contribution in [2.24, 2.45) is 0 Å². The molecule has 0 saturated carbocycles. The van der Waals surface area contributed by atoms with Crippen molar-refractivity contribution in [3.8, 4) is 17.2 Å². The van der Waals surface area contributed by atoms with Crippen LogP contribution < -0.4 is 14.5 Å². The number of hydroxylamine groups is 2. The van der Waals surface area contributed by atoms with Gasteiger partial charge < -0.3 is 14.7 Å². The summed E-state index contributed by atoms with van der Waals surface area (Å²) in [6, 6.07) is 17.5. The second kappa shape index (κ2) is 8.74. The quantitative estimate of drug-likeness (QED) is 0.597. The van der Waals surface area contributed by atoms with E-state index in [0.717, 1.165) is 5.56 Å². The Hall–Kier alpha value is -4.07. The molecule has 0 aliphatic carbocycles. The number of carbonyl (C=O) groups excluding carboxylic acids is 1. The van der Waals surface area contributed by atoms with Crippen LogP contribution in [0.1, 0.15) is 23.0 Å². The Kier molecular flexibility index (Phi) is 5.70. The zero-order valence-electron chi connectivity index (χ0n) is 16.9. The predicted octanol–water partition coefficient (Wildman–Crippen LogP) is 4.37. The largest absolute Gasteiger partial charge is 0.465 e. The average Bonchev–Trinajstić information content (AvgIpc) is 3.21. The molecule has 0 unspecified atom stereocenters. The number of pyridine rings is 1. The molecule has 2 aromatic carbocycles. The van der Waals surface area contributed by atoms with Gasteiger partial charge in [0.25, 0.3) is 0 Å². The highest BCUT2D eigenvalue weighted by atomic mass is 16.7. The second-order valence-corrected chi connectivity index (χ2v) is 6.86. The number of benzene rings is 2. The lowest BCUT2D eigenvalue weighted by atomic mass is 10.1. The van der Waals surface area contributed by atoms with Crippen molar-refractivity contribution in [1.82, 2.24) is 10.0 Å². The van der Waals surface area contributed by atoms with Gasteiger partial charge in [-0.15, -0.1) is 0 Å². The topological polar surface area (TPSA) is 92.2 Å². The van der Waals surface area contributed by atoms with Gasteiger partial charge in [-0.3, -0.25) is 14.7 Å². The summed E-state index contributed by atoms with van der Waals surface area (Å²) in [6.07, 6.45) is 1.16. The number of anilines is 1. The van der Waals surface area contributed by atoms with Crippen molar-refractivity contribution in [3.63, 3.8) is 0 Å². The molecule has 4 rings (SSSR count). The highest BCUT2D eigenvalue weighted by Crippen LogP contribution is 2.33. The van der Waals surface area contributed by atoms with Crippen LogP contribution >= 0.6 is 0 Å². The predicted molar refractivity (Wildman–Crippen MR) is 114 cm³/mol. The van der Waals surface area contributed by atoms with Crippen molar-refractivity contribution in [2.75, 3.05) is 18.0 Å². The van der Waals surface area contributed by atoms with Crippen LogP contribution in [0.4, 0.5) is 10.5 Å². The van der Waals surface area contributed by atoms with Crippen molar-refractivity contribution < 1.29 is 24.3 Å². The Morgan fingerprint density at radius 2 is 1.84 bits per heavy atom. The van der Waals surface area contributed by atoms with Gasteiger partial charge in [0, 0.05) is 18.8 Å². The molecule has 2 amide bonds. The maximum absolute atomic E-state index is 12.9. The first-order valence-corrected chi connectivity index (χ1v) is 9.87. The first-order valence-electron chi connectivity index (χ1n) is 9.87. The van der Waals surface area contributed by atoms with Gasteiger partial charge in [-0.05, 0) is 55.3 Å². The standard InChI is InChI=1S/C23H21N3O5/c1-2-26(31-17-6-4-3-5-7-17)22(27)20-15-19(10-12-24-20)30-18-8-9-21-16(14-18)11-13-25(21)23(28)29/h3-10,12,14-15H,2,11,13H2,1H3,(H,28,29). The smallest absolute Gasteiger partial charge is 0.411 e. The minimum absolute atomic E-state index is 0.188. The lowest BCUT2D eigenvalue weighted by Crippen LogP contribution is -2.34. The fourth-order valence-electron chi connectivity index (χ4n) is 3.35. The molecule has 2 heterocycles. The van der Waals surface area contributed by atoms with Crippen LogP contribution in [0.15, 0.2) is 66.9 Å². The van der Waals surface area contributed by atoms with Crippen LogP contribution in [0.2, 0.25) is 0 Å². The Labute approximate surface area is 179 Å². The molecular weight excluding hydrogens is 398 g/mol. The van der Waals surface area contributed by atoms with Crippen LogP contribution in [-0.4, -0.2) is 40.2 Å². The molecule has 0 saturated heterocycles. The molecule has 1 aromatic heterocycles. The third-order valence-electron chi connectivity index (χ3n) is 4.84. The lowest BCUT2D eigenvalue weighted by molar-refractivity contribution is -0.0298. The number of carboxylic acid groups (broad SMARTS) is 1. The van der Waals surface area contributed by atoms with Crippen LogP contribution in [0.3, 0.4) is 0 Å². The monoisotopic (exact) mass is 419 g/mol. The second-order valence-electron chi connectivity index (χ2n) is 6.86. The maximum atomic E-state index is 12.9. The van der Waals surface area contributed by atoms with Gasteiger partial charge in [-0.1, -0.05) is 18.2 Å². The average molecular weight is 419 g/mol. The summed E-state index contributed by atoms with van der Waals surface area (Å²) in [6.45, 7) is 2.58. The molecule has 31 heavy (non-hydrogen) atoms. The number of fused-ring (bicyclic) bond motifs is 1. The van der Waals surface area contributed by atoms with E-state index in [9.17, 15) is 14.7 Å². The van der Waals surface area contributed by atoms with E-state index in [1.54, 1.807) is 36.4 Å². The first-order chi connectivity index (χ1) is 15.0. The molecular formula is C23H21N3O5. The molecule has 1 N–H and O–H groups in total. The van der Waals surface area contributed by atoms with Crippen molar-refractivity contribution >= 4 is 17.7 Å². The SMILES string of the molecule is CCN(Oc1ccccc1)C(=O)c1cc(Oc2ccc3c(c2)CCN3C(=O)O)ccn1. The minimum Gasteiger partial charge on any atom is -0.465 e.